The summed E-state index contributed by atoms with van der Waals surface area (Å²) in [7, 11) is 1.60. The number of halogens is 3. The zero-order valence-electron chi connectivity index (χ0n) is 16.2. The molecule has 3 heterocycles. The summed E-state index contributed by atoms with van der Waals surface area (Å²) in [5.74, 6) is -1.27. The van der Waals surface area contributed by atoms with E-state index < -0.39 is 12.0 Å². The van der Waals surface area contributed by atoms with Crippen LogP contribution in [0.25, 0.3) is 5.70 Å². The number of aryl methyl sites for hydroxylation is 1. The minimum atomic E-state index is -1.16. The summed E-state index contributed by atoms with van der Waals surface area (Å²) < 4.78 is 3.48. The Balaban J connectivity index is 2.00. The van der Waals surface area contributed by atoms with Gasteiger partial charge in [-0.2, -0.15) is 0 Å². The number of aromatic nitrogens is 3. The monoisotopic (exact) mass is 510 g/mol. The summed E-state index contributed by atoms with van der Waals surface area (Å²) in [6.07, 6.45) is 5.16. The fourth-order valence-corrected chi connectivity index (χ4v) is 5.12. The predicted octanol–water partition coefficient (Wildman–Crippen LogP) is 4.79. The Bertz CT molecular complexity index is 1260. The Morgan fingerprint density at radius 1 is 1.33 bits per heavy atom. The topological polar surface area (TPSA) is 89.2 Å². The van der Waals surface area contributed by atoms with E-state index in [9.17, 15) is 14.7 Å². The number of hydrogen-bond acceptors (Lipinski definition) is 4. The van der Waals surface area contributed by atoms with Crippen LogP contribution < -0.4 is 10.9 Å². The first-order valence-electron chi connectivity index (χ1n) is 9.04. The summed E-state index contributed by atoms with van der Waals surface area (Å²) in [4.78, 5) is 28.9. The summed E-state index contributed by atoms with van der Waals surface area (Å²) in [6.45, 7) is 3.87. The average Bonchev–Trinajstić information content (AvgIpc) is 3.02. The van der Waals surface area contributed by atoms with Gasteiger partial charge in [0.25, 0.3) is 5.56 Å². The van der Waals surface area contributed by atoms with Crippen molar-refractivity contribution in [1.29, 1.82) is 0 Å². The molecule has 7 nitrogen and oxygen atoms in total. The maximum absolute atomic E-state index is 12.7. The lowest BCUT2D eigenvalue weighted by molar-refractivity contribution is 0.0689. The number of carboxylic acid groups (broad SMARTS) is 1. The van der Waals surface area contributed by atoms with Gasteiger partial charge in [0, 0.05) is 29.9 Å². The van der Waals surface area contributed by atoms with Crippen molar-refractivity contribution in [2.24, 2.45) is 13.0 Å². The molecule has 2 N–H and O–H groups in total. The number of fused-ring (bicyclic) bond motifs is 2. The van der Waals surface area contributed by atoms with E-state index in [0.29, 0.717) is 20.5 Å². The lowest BCUT2D eigenvalue weighted by atomic mass is 9.80. The van der Waals surface area contributed by atoms with Crippen molar-refractivity contribution in [3.8, 4) is 0 Å². The molecular weight excluding hydrogens is 495 g/mol. The molecule has 156 valence electrons. The standard InChI is InChI=1S/C20H17BrCl2N4O3/c1-8-12(23)5-4-11-14(8)9(2)27-17(16(19(29)30)25-20(27)21)15(11)24-13-6-10(22)7-26(3)18(13)28/h4-8,15,24H,1-3H3,(H,29,30). The zero-order chi connectivity index (χ0) is 21.9. The number of nitrogens with one attached hydrogen (secondary N) is 1. The van der Waals surface area contributed by atoms with Crippen LogP contribution in [-0.4, -0.2) is 25.2 Å². The Morgan fingerprint density at radius 2 is 2.03 bits per heavy atom. The van der Waals surface area contributed by atoms with Gasteiger partial charge in [0.05, 0.1) is 16.8 Å². The molecule has 0 bridgehead atoms. The molecule has 2 aromatic rings. The molecule has 0 saturated carbocycles. The number of nitrogens with zero attached hydrogens (tertiary/aromatic N) is 3. The maximum Gasteiger partial charge on any atom is 0.356 e. The number of carboxylic acids is 1. The van der Waals surface area contributed by atoms with Crippen LogP contribution in [0.4, 0.5) is 5.69 Å². The first kappa shape index (κ1) is 21.0. The zero-order valence-corrected chi connectivity index (χ0v) is 19.3. The van der Waals surface area contributed by atoms with Crippen LogP contribution >= 0.6 is 39.1 Å². The molecule has 30 heavy (non-hydrogen) atoms. The van der Waals surface area contributed by atoms with Crippen LogP contribution in [0.2, 0.25) is 5.02 Å². The fourth-order valence-electron chi connectivity index (χ4n) is 4.06. The molecule has 0 amide bonds. The Morgan fingerprint density at radius 3 is 2.70 bits per heavy atom. The number of imidazole rings is 1. The average molecular weight is 512 g/mol. The molecule has 0 aromatic carbocycles. The van der Waals surface area contributed by atoms with Crippen molar-refractivity contribution >= 4 is 56.5 Å². The molecule has 1 aliphatic heterocycles. The first-order valence-corrected chi connectivity index (χ1v) is 10.6. The van der Waals surface area contributed by atoms with Crippen molar-refractivity contribution in [3.63, 3.8) is 0 Å². The lowest BCUT2D eigenvalue weighted by Crippen LogP contribution is -2.31. The molecular formula is C20H17BrCl2N4O3. The van der Waals surface area contributed by atoms with Gasteiger partial charge in [-0.1, -0.05) is 36.2 Å². The van der Waals surface area contributed by atoms with Gasteiger partial charge in [-0.25, -0.2) is 9.78 Å². The van der Waals surface area contributed by atoms with Crippen molar-refractivity contribution in [1.82, 2.24) is 14.1 Å². The smallest absolute Gasteiger partial charge is 0.356 e. The van der Waals surface area contributed by atoms with Crippen molar-refractivity contribution in [2.45, 2.75) is 19.9 Å². The number of allylic oxidation sites excluding steroid dienone is 4. The summed E-state index contributed by atoms with van der Waals surface area (Å²) in [6, 6.07) is 0.879. The molecule has 10 heteroatoms. The van der Waals surface area contributed by atoms with E-state index >= 15 is 0 Å². The second-order valence-corrected chi connectivity index (χ2v) is 8.80. The van der Waals surface area contributed by atoms with Gasteiger partial charge in [-0.3, -0.25) is 9.36 Å². The van der Waals surface area contributed by atoms with Gasteiger partial charge in [-0.05, 0) is 46.1 Å². The molecule has 4 rings (SSSR count). The summed E-state index contributed by atoms with van der Waals surface area (Å²) in [5, 5.41) is 14.0. The predicted molar refractivity (Wildman–Crippen MR) is 120 cm³/mol. The number of anilines is 1. The molecule has 2 unspecified atom stereocenters. The Hall–Kier alpha value is -2.29. The molecule has 2 aromatic heterocycles. The highest BCUT2D eigenvalue weighted by Gasteiger charge is 2.39. The normalized spacial score (nSPS) is 20.3. The first-order chi connectivity index (χ1) is 14.1. The quantitative estimate of drug-likeness (QED) is 0.618. The van der Waals surface area contributed by atoms with E-state index in [1.165, 1.54) is 16.8 Å². The molecule has 2 atom stereocenters. The van der Waals surface area contributed by atoms with Gasteiger partial charge in [-0.15, -0.1) is 0 Å². The van der Waals surface area contributed by atoms with E-state index in [1.807, 2.05) is 19.9 Å². The minimum absolute atomic E-state index is 0.103. The van der Waals surface area contributed by atoms with E-state index in [4.69, 9.17) is 23.2 Å². The third kappa shape index (κ3) is 3.14. The van der Waals surface area contributed by atoms with E-state index in [1.54, 1.807) is 17.7 Å². The lowest BCUT2D eigenvalue weighted by Gasteiger charge is -2.36. The van der Waals surface area contributed by atoms with E-state index in [0.717, 1.165) is 16.8 Å². The van der Waals surface area contributed by atoms with Crippen molar-refractivity contribution < 1.29 is 9.90 Å². The van der Waals surface area contributed by atoms with Crippen LogP contribution in [0.5, 0.6) is 0 Å². The number of aromatic carboxylic acids is 1. The van der Waals surface area contributed by atoms with Gasteiger partial charge in [0.15, 0.2) is 10.4 Å². The van der Waals surface area contributed by atoms with Crippen molar-refractivity contribution in [2.75, 3.05) is 5.32 Å². The number of rotatable bonds is 3. The van der Waals surface area contributed by atoms with Crippen molar-refractivity contribution in [3.05, 3.63) is 72.1 Å². The number of hydrogen-bond donors (Lipinski definition) is 2. The van der Waals surface area contributed by atoms with Gasteiger partial charge in [0.1, 0.15) is 5.69 Å². The van der Waals surface area contributed by atoms with Crippen LogP contribution in [0.3, 0.4) is 0 Å². The Kier molecular flexibility index (Phi) is 5.20. The molecule has 0 spiro atoms. The van der Waals surface area contributed by atoms with Crippen LogP contribution in [0.15, 0.2) is 50.1 Å². The maximum atomic E-state index is 12.7. The minimum Gasteiger partial charge on any atom is -0.476 e. The molecule has 2 aliphatic rings. The number of carbonyl (C=O) groups is 1. The summed E-state index contributed by atoms with van der Waals surface area (Å²) >= 11 is 16.0. The molecule has 0 radical (unpaired) electrons. The third-order valence-corrected chi connectivity index (χ3v) is 6.61. The van der Waals surface area contributed by atoms with Crippen LogP contribution in [0.1, 0.15) is 36.1 Å². The SMILES string of the molecule is CC1=C2C(=CC=C(Cl)C2C)C(Nc2cc(Cl)cn(C)c2=O)c2c(C(=O)O)nc(Br)n21. The largest absolute Gasteiger partial charge is 0.476 e. The summed E-state index contributed by atoms with van der Waals surface area (Å²) in [5.41, 5.74) is 2.87. The van der Waals surface area contributed by atoms with E-state index in [2.05, 4.69) is 26.2 Å². The molecule has 1 aliphatic carbocycles. The highest BCUT2D eigenvalue weighted by atomic mass is 79.9. The van der Waals surface area contributed by atoms with E-state index in [-0.39, 0.29) is 22.9 Å². The number of pyridine rings is 1. The Labute approximate surface area is 190 Å². The van der Waals surface area contributed by atoms with Crippen LogP contribution in [-0.2, 0) is 7.05 Å². The second kappa shape index (κ2) is 7.44. The van der Waals surface area contributed by atoms with Gasteiger partial charge < -0.3 is 15.0 Å². The molecule has 0 saturated heterocycles. The highest BCUT2D eigenvalue weighted by molar-refractivity contribution is 9.10. The fraction of sp³-hybridized carbons (Fsp3) is 0.250. The highest BCUT2D eigenvalue weighted by Crippen LogP contribution is 2.48. The molecule has 0 fully saturated rings. The third-order valence-electron chi connectivity index (χ3n) is 5.41. The second-order valence-electron chi connectivity index (χ2n) is 7.21. The van der Waals surface area contributed by atoms with Crippen LogP contribution in [0, 0.1) is 5.92 Å². The van der Waals surface area contributed by atoms with Gasteiger partial charge in [0.2, 0.25) is 0 Å². The van der Waals surface area contributed by atoms with Gasteiger partial charge >= 0.3 is 5.97 Å².